The molecular weight excluding hydrogens is 330 g/mol. The third-order valence-corrected chi connectivity index (χ3v) is 5.69. The molecule has 2 heterocycles. The van der Waals surface area contributed by atoms with Crippen LogP contribution in [0.4, 0.5) is 4.79 Å². The van der Waals surface area contributed by atoms with Crippen LogP contribution in [-0.2, 0) is 0 Å². The molecule has 4 nitrogen and oxygen atoms in total. The maximum atomic E-state index is 12.5. The summed E-state index contributed by atoms with van der Waals surface area (Å²) in [6.45, 7) is 2.36. The summed E-state index contributed by atoms with van der Waals surface area (Å²) < 4.78 is 0. The van der Waals surface area contributed by atoms with Gasteiger partial charge in [-0.05, 0) is 54.9 Å². The first-order chi connectivity index (χ1) is 12.1. The Labute approximate surface area is 154 Å². The van der Waals surface area contributed by atoms with Crippen molar-refractivity contribution in [2.75, 3.05) is 33.7 Å². The average molecular weight is 358 g/mol. The quantitative estimate of drug-likeness (QED) is 0.850. The monoisotopic (exact) mass is 357 g/mol. The van der Waals surface area contributed by atoms with Crippen molar-refractivity contribution in [3.8, 4) is 0 Å². The fraction of sp³-hybridized carbons (Fsp3) is 0.450. The molecule has 1 aliphatic heterocycles. The Morgan fingerprint density at radius 2 is 2.12 bits per heavy atom. The smallest absolute Gasteiger partial charge is 0.317 e. The molecule has 1 aromatic carbocycles. The van der Waals surface area contributed by atoms with E-state index in [0.717, 1.165) is 25.9 Å². The topological polar surface area (TPSA) is 35.6 Å². The van der Waals surface area contributed by atoms with Gasteiger partial charge in [0, 0.05) is 31.6 Å². The summed E-state index contributed by atoms with van der Waals surface area (Å²) in [5.41, 5.74) is 2.66. The molecule has 1 aromatic heterocycles. The van der Waals surface area contributed by atoms with Crippen LogP contribution < -0.4 is 5.32 Å². The van der Waals surface area contributed by atoms with Crippen LogP contribution in [0.5, 0.6) is 0 Å². The highest BCUT2D eigenvalue weighted by molar-refractivity contribution is 7.07. The Morgan fingerprint density at radius 3 is 2.80 bits per heavy atom. The molecule has 0 spiro atoms. The zero-order valence-electron chi connectivity index (χ0n) is 15.0. The van der Waals surface area contributed by atoms with Gasteiger partial charge < -0.3 is 15.1 Å². The van der Waals surface area contributed by atoms with Gasteiger partial charge in [0.15, 0.2) is 0 Å². The minimum atomic E-state index is 0.0706. The van der Waals surface area contributed by atoms with Crippen molar-refractivity contribution in [3.63, 3.8) is 0 Å². The minimum absolute atomic E-state index is 0.0706. The lowest BCUT2D eigenvalue weighted by Crippen LogP contribution is -2.39. The lowest BCUT2D eigenvalue weighted by Gasteiger charge is -2.24. The molecule has 2 atom stereocenters. The maximum Gasteiger partial charge on any atom is 0.317 e. The molecule has 0 radical (unpaired) electrons. The van der Waals surface area contributed by atoms with Gasteiger partial charge in [-0.2, -0.15) is 11.3 Å². The van der Waals surface area contributed by atoms with Gasteiger partial charge in [-0.3, -0.25) is 0 Å². The van der Waals surface area contributed by atoms with Gasteiger partial charge in [-0.15, -0.1) is 0 Å². The molecule has 0 saturated carbocycles. The van der Waals surface area contributed by atoms with Crippen LogP contribution in [0.15, 0.2) is 47.2 Å². The van der Waals surface area contributed by atoms with Gasteiger partial charge in [0.05, 0.1) is 0 Å². The van der Waals surface area contributed by atoms with Crippen LogP contribution in [0.2, 0.25) is 0 Å². The molecule has 1 saturated heterocycles. The number of thiophene rings is 1. The fourth-order valence-electron chi connectivity index (χ4n) is 3.56. The molecule has 1 N–H and O–H groups in total. The Balaban J connectivity index is 1.47. The normalized spacial score (nSPS) is 18.5. The first-order valence-corrected chi connectivity index (χ1v) is 9.85. The summed E-state index contributed by atoms with van der Waals surface area (Å²) in [5.74, 6) is 0.465. The van der Waals surface area contributed by atoms with Crippen molar-refractivity contribution in [3.05, 3.63) is 58.3 Å². The second kappa shape index (κ2) is 8.50. The van der Waals surface area contributed by atoms with Crippen LogP contribution >= 0.6 is 11.3 Å². The van der Waals surface area contributed by atoms with Crippen molar-refractivity contribution in [1.29, 1.82) is 0 Å². The largest absolute Gasteiger partial charge is 0.338 e. The number of nitrogens with zero attached hydrogens (tertiary/aromatic N) is 2. The van der Waals surface area contributed by atoms with Crippen molar-refractivity contribution < 1.29 is 4.79 Å². The highest BCUT2D eigenvalue weighted by Crippen LogP contribution is 2.27. The van der Waals surface area contributed by atoms with E-state index in [2.05, 4.69) is 65.4 Å². The van der Waals surface area contributed by atoms with Crippen molar-refractivity contribution in [1.82, 2.24) is 15.1 Å². The summed E-state index contributed by atoms with van der Waals surface area (Å²) in [6, 6.07) is 13.1. The summed E-state index contributed by atoms with van der Waals surface area (Å²) in [4.78, 5) is 16.6. The Bertz CT molecular complexity index is 657. The summed E-state index contributed by atoms with van der Waals surface area (Å²) in [6.07, 6.45) is 1.97. The predicted molar refractivity (Wildman–Crippen MR) is 104 cm³/mol. The lowest BCUT2D eigenvalue weighted by molar-refractivity contribution is 0.205. The summed E-state index contributed by atoms with van der Waals surface area (Å²) in [7, 11) is 4.18. The van der Waals surface area contributed by atoms with E-state index >= 15 is 0 Å². The molecule has 5 heteroatoms. The zero-order chi connectivity index (χ0) is 17.6. The molecule has 1 fully saturated rings. The van der Waals surface area contributed by atoms with E-state index < -0.39 is 0 Å². The molecule has 134 valence electrons. The van der Waals surface area contributed by atoms with E-state index in [1.54, 1.807) is 11.3 Å². The van der Waals surface area contributed by atoms with Crippen LogP contribution in [-0.4, -0.2) is 49.6 Å². The zero-order valence-corrected chi connectivity index (χ0v) is 15.8. The van der Waals surface area contributed by atoms with E-state index in [-0.39, 0.29) is 6.03 Å². The number of carbonyl (C=O) groups excluding carboxylic acids is 1. The molecular formula is C20H27N3OS. The number of nitrogens with one attached hydrogen (secondary N) is 1. The maximum absolute atomic E-state index is 12.5. The summed E-state index contributed by atoms with van der Waals surface area (Å²) in [5, 5.41) is 7.41. The first kappa shape index (κ1) is 18.0. The standard InChI is InChI=1S/C20H27N3OS/c1-22(2)19(18-10-13-25-15-18)8-11-21-20(24)23-12-9-17(14-23)16-6-4-3-5-7-16/h3-7,10,13,15,17,19H,8-9,11-12,14H2,1-2H3,(H,21,24). The Morgan fingerprint density at radius 1 is 1.32 bits per heavy atom. The molecule has 2 aromatic rings. The number of benzene rings is 1. The predicted octanol–water partition coefficient (Wildman–Crippen LogP) is 3.94. The third-order valence-electron chi connectivity index (χ3n) is 4.99. The van der Waals surface area contributed by atoms with Gasteiger partial charge >= 0.3 is 6.03 Å². The van der Waals surface area contributed by atoms with E-state index in [1.165, 1.54) is 11.1 Å². The number of carbonyl (C=O) groups is 1. The average Bonchev–Trinajstić information content (AvgIpc) is 3.30. The second-order valence-electron chi connectivity index (χ2n) is 6.90. The van der Waals surface area contributed by atoms with Crippen molar-refractivity contribution in [2.45, 2.75) is 24.8 Å². The molecule has 3 rings (SSSR count). The highest BCUT2D eigenvalue weighted by Gasteiger charge is 2.27. The molecule has 2 unspecified atom stereocenters. The van der Waals surface area contributed by atoms with Crippen LogP contribution in [0, 0.1) is 0 Å². The number of hydrogen-bond acceptors (Lipinski definition) is 3. The van der Waals surface area contributed by atoms with Gasteiger partial charge in [-0.25, -0.2) is 4.79 Å². The molecule has 0 aliphatic carbocycles. The number of amides is 2. The fourth-order valence-corrected chi connectivity index (χ4v) is 4.26. The van der Waals surface area contributed by atoms with E-state index in [4.69, 9.17) is 0 Å². The van der Waals surface area contributed by atoms with Crippen LogP contribution in [0.1, 0.15) is 35.9 Å². The van der Waals surface area contributed by atoms with Gasteiger partial charge in [0.2, 0.25) is 0 Å². The Hall–Kier alpha value is -1.85. The second-order valence-corrected chi connectivity index (χ2v) is 7.68. The first-order valence-electron chi connectivity index (χ1n) is 8.91. The minimum Gasteiger partial charge on any atom is -0.338 e. The highest BCUT2D eigenvalue weighted by atomic mass is 32.1. The third kappa shape index (κ3) is 4.61. The molecule has 0 bridgehead atoms. The van der Waals surface area contributed by atoms with E-state index in [1.807, 2.05) is 11.0 Å². The number of urea groups is 1. The van der Waals surface area contributed by atoms with E-state index in [9.17, 15) is 4.79 Å². The molecule has 2 amide bonds. The molecule has 1 aliphatic rings. The number of hydrogen-bond donors (Lipinski definition) is 1. The van der Waals surface area contributed by atoms with Crippen molar-refractivity contribution >= 4 is 17.4 Å². The van der Waals surface area contributed by atoms with Gasteiger partial charge in [0.1, 0.15) is 0 Å². The summed E-state index contributed by atoms with van der Waals surface area (Å²) >= 11 is 1.72. The molecule has 25 heavy (non-hydrogen) atoms. The number of likely N-dealkylation sites (tertiary alicyclic amines) is 1. The number of rotatable bonds is 6. The lowest BCUT2D eigenvalue weighted by atomic mass is 9.99. The Kier molecular flexibility index (Phi) is 6.10. The van der Waals surface area contributed by atoms with Gasteiger partial charge in [-0.1, -0.05) is 30.3 Å². The van der Waals surface area contributed by atoms with Crippen LogP contribution in [0.3, 0.4) is 0 Å². The SMILES string of the molecule is CN(C)C(CCNC(=O)N1CCC(c2ccccc2)C1)c1ccsc1. The van der Waals surface area contributed by atoms with Gasteiger partial charge in [0.25, 0.3) is 0 Å². The van der Waals surface area contributed by atoms with Crippen molar-refractivity contribution in [2.24, 2.45) is 0 Å². The van der Waals surface area contributed by atoms with Crippen LogP contribution in [0.25, 0.3) is 0 Å². The van der Waals surface area contributed by atoms with E-state index in [0.29, 0.717) is 18.5 Å².